The lowest BCUT2D eigenvalue weighted by molar-refractivity contribution is 0.116. The second kappa shape index (κ2) is 7.26. The lowest BCUT2D eigenvalue weighted by atomic mass is 10.1. The molecular weight excluding hydrogens is 412 g/mol. The molecule has 0 unspecified atom stereocenters. The maximum absolute atomic E-state index is 12.6. The Labute approximate surface area is 172 Å². The number of nitrogens with two attached hydrogens (primary N) is 1. The molecule has 2 N–H and O–H groups in total. The molecule has 0 aliphatic rings. The molecule has 5 aromatic rings. The molecule has 0 saturated heterocycles. The van der Waals surface area contributed by atoms with E-state index in [-0.39, 0.29) is 5.89 Å². The first-order chi connectivity index (χ1) is 14.5. The number of fused-ring (bicyclic) bond motifs is 1. The van der Waals surface area contributed by atoms with Crippen molar-refractivity contribution in [3.05, 3.63) is 60.1 Å². The minimum absolute atomic E-state index is 0.0546. The molecule has 0 amide bonds. The Bertz CT molecular complexity index is 1330. The number of hydrogen-bond acceptors (Lipinski definition) is 8. The van der Waals surface area contributed by atoms with Crippen LogP contribution >= 0.6 is 11.3 Å². The maximum Gasteiger partial charge on any atom is 0.314 e. The van der Waals surface area contributed by atoms with Crippen molar-refractivity contribution >= 4 is 26.7 Å². The third-order valence-electron chi connectivity index (χ3n) is 4.41. The van der Waals surface area contributed by atoms with E-state index in [0.717, 1.165) is 27.0 Å². The summed E-state index contributed by atoms with van der Waals surface area (Å²) in [5.74, 6) is -0.637. The molecule has 2 aromatic carbocycles. The Balaban J connectivity index is 1.33. The summed E-state index contributed by atoms with van der Waals surface area (Å²) in [5, 5.41) is 15.9. The van der Waals surface area contributed by atoms with Crippen molar-refractivity contribution < 1.29 is 13.2 Å². The van der Waals surface area contributed by atoms with E-state index in [2.05, 4.69) is 25.5 Å². The van der Waals surface area contributed by atoms with Crippen molar-refractivity contribution in [2.24, 2.45) is 0 Å². The van der Waals surface area contributed by atoms with Gasteiger partial charge in [0, 0.05) is 11.1 Å². The number of anilines is 1. The minimum atomic E-state index is -2.79. The number of alkyl halides is 2. The van der Waals surface area contributed by atoms with E-state index in [0.29, 0.717) is 17.2 Å². The lowest BCUT2D eigenvalue weighted by Gasteiger charge is -2.02. The van der Waals surface area contributed by atoms with Gasteiger partial charge in [0.2, 0.25) is 5.89 Å². The second-order valence-electron chi connectivity index (χ2n) is 6.48. The summed E-state index contributed by atoms with van der Waals surface area (Å²) in [6, 6.07) is 13.0. The first-order valence-electron chi connectivity index (χ1n) is 8.82. The van der Waals surface area contributed by atoms with E-state index in [1.807, 2.05) is 36.5 Å². The zero-order chi connectivity index (χ0) is 20.7. The Morgan fingerprint density at radius 3 is 2.60 bits per heavy atom. The molecule has 11 heteroatoms. The monoisotopic (exact) mass is 425 g/mol. The number of thiazole rings is 1. The zero-order valence-electron chi connectivity index (χ0n) is 15.2. The van der Waals surface area contributed by atoms with Crippen molar-refractivity contribution in [3.8, 4) is 22.7 Å². The molecule has 0 aliphatic carbocycles. The molecule has 0 saturated carbocycles. The molecule has 0 spiro atoms. The fourth-order valence-corrected chi connectivity index (χ4v) is 3.76. The molecule has 30 heavy (non-hydrogen) atoms. The summed E-state index contributed by atoms with van der Waals surface area (Å²) < 4.78 is 32.8. The first kappa shape index (κ1) is 18.3. The summed E-state index contributed by atoms with van der Waals surface area (Å²) in [5.41, 5.74) is 9.81. The van der Waals surface area contributed by atoms with Crippen LogP contribution in [0.3, 0.4) is 0 Å². The minimum Gasteiger partial charge on any atom is -0.415 e. The number of rotatable bonds is 5. The van der Waals surface area contributed by atoms with Gasteiger partial charge in [-0.3, -0.25) is 0 Å². The predicted molar refractivity (Wildman–Crippen MR) is 107 cm³/mol. The van der Waals surface area contributed by atoms with Gasteiger partial charge in [0.05, 0.1) is 23.0 Å². The van der Waals surface area contributed by atoms with Crippen LogP contribution in [-0.2, 0) is 6.54 Å². The van der Waals surface area contributed by atoms with Gasteiger partial charge in [0.1, 0.15) is 5.69 Å². The van der Waals surface area contributed by atoms with Crippen molar-refractivity contribution in [1.82, 2.24) is 30.2 Å². The maximum atomic E-state index is 12.6. The van der Waals surface area contributed by atoms with Gasteiger partial charge >= 0.3 is 6.43 Å². The molecule has 0 radical (unpaired) electrons. The predicted octanol–water partition coefficient (Wildman–Crippen LogP) is 4.17. The highest BCUT2D eigenvalue weighted by Crippen LogP contribution is 2.28. The molecule has 8 nitrogen and oxygen atoms in total. The van der Waals surface area contributed by atoms with E-state index in [1.54, 1.807) is 16.8 Å². The van der Waals surface area contributed by atoms with Crippen LogP contribution in [0.5, 0.6) is 0 Å². The van der Waals surface area contributed by atoms with Crippen LogP contribution in [0.4, 0.5) is 13.9 Å². The molecule has 0 bridgehead atoms. The van der Waals surface area contributed by atoms with Crippen LogP contribution < -0.4 is 5.73 Å². The van der Waals surface area contributed by atoms with E-state index >= 15 is 0 Å². The summed E-state index contributed by atoms with van der Waals surface area (Å²) in [7, 11) is 0. The zero-order valence-corrected chi connectivity index (χ0v) is 16.1. The molecular formula is C19H13F2N7OS. The van der Waals surface area contributed by atoms with Crippen LogP contribution in [-0.4, -0.2) is 30.2 Å². The SMILES string of the molecule is Nc1nc2ccc(-c3cn(Cc4ccc(-c5nnc(C(F)F)o5)cc4)nn3)cc2s1. The quantitative estimate of drug-likeness (QED) is 0.450. The van der Waals surface area contributed by atoms with Gasteiger partial charge in [-0.15, -0.1) is 15.3 Å². The number of halogens is 2. The third kappa shape index (κ3) is 3.50. The highest BCUT2D eigenvalue weighted by molar-refractivity contribution is 7.22. The fourth-order valence-electron chi connectivity index (χ4n) is 2.99. The first-order valence-corrected chi connectivity index (χ1v) is 9.64. The average molecular weight is 425 g/mol. The van der Waals surface area contributed by atoms with Crippen LogP contribution in [0, 0.1) is 0 Å². The van der Waals surface area contributed by atoms with Gasteiger partial charge < -0.3 is 10.2 Å². The van der Waals surface area contributed by atoms with E-state index in [1.165, 1.54) is 11.3 Å². The molecule has 0 atom stereocenters. The lowest BCUT2D eigenvalue weighted by Crippen LogP contribution is -2.00. The number of nitrogen functional groups attached to an aromatic ring is 1. The smallest absolute Gasteiger partial charge is 0.314 e. The largest absolute Gasteiger partial charge is 0.415 e. The summed E-state index contributed by atoms with van der Waals surface area (Å²) in [6.07, 6.45) is -0.937. The molecule has 0 fully saturated rings. The van der Waals surface area contributed by atoms with E-state index in [9.17, 15) is 8.78 Å². The van der Waals surface area contributed by atoms with Gasteiger partial charge in [0.25, 0.3) is 5.89 Å². The van der Waals surface area contributed by atoms with E-state index < -0.39 is 12.3 Å². The highest BCUT2D eigenvalue weighted by atomic mass is 32.1. The standard InChI is InChI=1S/C19H13F2N7OS/c20-16(21)18-26-25-17(29-18)11-3-1-10(2-4-11)8-28-9-14(24-27-28)12-5-6-13-15(7-12)30-19(22)23-13/h1-7,9,16H,8H2,(H2,22,23). The topological polar surface area (TPSA) is 109 Å². The fraction of sp³-hybridized carbons (Fsp3) is 0.105. The van der Waals surface area contributed by atoms with Gasteiger partial charge in [-0.05, 0) is 29.8 Å². The summed E-state index contributed by atoms with van der Waals surface area (Å²) in [6.45, 7) is 0.495. The Morgan fingerprint density at radius 2 is 1.83 bits per heavy atom. The van der Waals surface area contributed by atoms with Crippen molar-refractivity contribution in [2.75, 3.05) is 5.73 Å². The summed E-state index contributed by atoms with van der Waals surface area (Å²) in [4.78, 5) is 4.25. The van der Waals surface area contributed by atoms with E-state index in [4.69, 9.17) is 10.2 Å². The van der Waals surface area contributed by atoms with Crippen LogP contribution in [0.1, 0.15) is 17.9 Å². The van der Waals surface area contributed by atoms with Crippen LogP contribution in [0.25, 0.3) is 32.9 Å². The van der Waals surface area contributed by atoms with Crippen LogP contribution in [0.15, 0.2) is 53.1 Å². The van der Waals surface area contributed by atoms with Crippen molar-refractivity contribution in [3.63, 3.8) is 0 Å². The summed E-state index contributed by atoms with van der Waals surface area (Å²) >= 11 is 1.43. The van der Waals surface area contributed by atoms with Crippen molar-refractivity contribution in [2.45, 2.75) is 13.0 Å². The van der Waals surface area contributed by atoms with Gasteiger partial charge in [-0.25, -0.2) is 9.67 Å². The Kier molecular flexibility index (Phi) is 4.43. The second-order valence-corrected chi connectivity index (χ2v) is 7.54. The number of aromatic nitrogens is 6. The Hall–Kier alpha value is -3.73. The van der Waals surface area contributed by atoms with Gasteiger partial charge in [0.15, 0.2) is 5.13 Å². The van der Waals surface area contributed by atoms with Gasteiger partial charge in [-0.1, -0.05) is 34.7 Å². The molecule has 0 aliphatic heterocycles. The normalized spacial score (nSPS) is 11.6. The third-order valence-corrected chi connectivity index (χ3v) is 5.26. The van der Waals surface area contributed by atoms with Crippen LogP contribution in [0.2, 0.25) is 0 Å². The molecule has 150 valence electrons. The number of benzene rings is 2. The molecule has 5 rings (SSSR count). The Morgan fingerprint density at radius 1 is 1.03 bits per heavy atom. The highest BCUT2D eigenvalue weighted by Gasteiger charge is 2.17. The molecule has 3 aromatic heterocycles. The number of nitrogens with zero attached hydrogens (tertiary/aromatic N) is 6. The van der Waals surface area contributed by atoms with Gasteiger partial charge in [-0.2, -0.15) is 8.78 Å². The molecule has 3 heterocycles. The average Bonchev–Trinajstić information content (AvgIpc) is 3.47. The van der Waals surface area contributed by atoms with Crippen molar-refractivity contribution in [1.29, 1.82) is 0 Å². The number of hydrogen-bond donors (Lipinski definition) is 1.